The fraction of sp³-hybridized carbons (Fsp3) is 0.833. The maximum atomic E-state index is 8.43. The molecule has 0 aliphatic heterocycles. The van der Waals surface area contributed by atoms with Crippen LogP contribution in [0.4, 0.5) is 0 Å². The Morgan fingerprint density at radius 3 is 2.55 bits per heavy atom. The monoisotopic (exact) mass is 160 g/mol. The first kappa shape index (κ1) is 10.2. The number of likely N-dealkylation sites (N-methyl/N-ethyl adjacent to an activating group) is 1. The van der Waals surface area contributed by atoms with Gasteiger partial charge < -0.3 is 10.2 Å². The second-order valence-corrected chi connectivity index (χ2v) is 2.41. The van der Waals surface area contributed by atoms with Gasteiger partial charge in [-0.1, -0.05) is 0 Å². The molecule has 0 radical (unpaired) electrons. The quantitative estimate of drug-likeness (QED) is 0.284. The van der Waals surface area contributed by atoms with E-state index in [4.69, 9.17) is 5.21 Å². The summed E-state index contributed by atoms with van der Waals surface area (Å²) in [6.07, 6.45) is 0. The first-order valence-electron chi connectivity index (χ1n) is 3.46. The molecule has 0 saturated carbocycles. The van der Waals surface area contributed by atoms with Crippen molar-refractivity contribution in [2.45, 2.75) is 0 Å². The van der Waals surface area contributed by atoms with Crippen molar-refractivity contribution in [1.82, 2.24) is 15.7 Å². The number of nitrogens with zero attached hydrogens (tertiary/aromatic N) is 2. The largest absolute Gasteiger partial charge is 0.353 e. The molecule has 0 unspecified atom stereocenters. The van der Waals surface area contributed by atoms with Crippen molar-refractivity contribution in [3.8, 4) is 0 Å². The van der Waals surface area contributed by atoms with Crippen molar-refractivity contribution < 1.29 is 5.21 Å². The Balaban J connectivity index is 3.37. The van der Waals surface area contributed by atoms with Crippen molar-refractivity contribution in [3.63, 3.8) is 0 Å². The Kier molecular flexibility index (Phi) is 5.50. The minimum atomic E-state index is 0.395. The molecule has 0 atom stereocenters. The average Bonchev–Trinajstić information content (AvgIpc) is 1.98. The molecule has 0 fully saturated rings. The fourth-order valence-electron chi connectivity index (χ4n) is 0.566. The van der Waals surface area contributed by atoms with E-state index in [1.54, 1.807) is 7.05 Å². The van der Waals surface area contributed by atoms with E-state index < -0.39 is 0 Å². The van der Waals surface area contributed by atoms with Gasteiger partial charge in [0.25, 0.3) is 0 Å². The summed E-state index contributed by atoms with van der Waals surface area (Å²) in [7, 11) is 5.56. The van der Waals surface area contributed by atoms with Gasteiger partial charge in [-0.05, 0) is 14.1 Å². The number of rotatable bonds is 3. The molecule has 5 heteroatoms. The van der Waals surface area contributed by atoms with Crippen LogP contribution in [0.15, 0.2) is 4.99 Å². The number of hydrogen-bond acceptors (Lipinski definition) is 3. The van der Waals surface area contributed by atoms with Crippen molar-refractivity contribution in [3.05, 3.63) is 0 Å². The third-order valence-corrected chi connectivity index (χ3v) is 1.18. The molecule has 11 heavy (non-hydrogen) atoms. The van der Waals surface area contributed by atoms with Crippen LogP contribution in [-0.4, -0.2) is 50.3 Å². The Labute approximate surface area is 67.1 Å². The van der Waals surface area contributed by atoms with Gasteiger partial charge in [0.05, 0.1) is 0 Å². The van der Waals surface area contributed by atoms with Crippen LogP contribution in [0, 0.1) is 0 Å². The number of hydrogen-bond donors (Lipinski definition) is 3. The van der Waals surface area contributed by atoms with Gasteiger partial charge in [0.2, 0.25) is 5.96 Å². The van der Waals surface area contributed by atoms with Crippen molar-refractivity contribution in [1.29, 1.82) is 0 Å². The van der Waals surface area contributed by atoms with Gasteiger partial charge in [-0.2, -0.15) is 0 Å². The zero-order valence-electron chi connectivity index (χ0n) is 7.26. The highest BCUT2D eigenvalue weighted by Crippen LogP contribution is 1.70. The Bertz CT molecular complexity index is 124. The predicted octanol–water partition coefficient (Wildman–Crippen LogP) is -0.898. The van der Waals surface area contributed by atoms with Crippen LogP contribution < -0.4 is 10.8 Å². The summed E-state index contributed by atoms with van der Waals surface area (Å²) in [4.78, 5) is 5.77. The summed E-state index contributed by atoms with van der Waals surface area (Å²) in [6.45, 7) is 1.66. The highest BCUT2D eigenvalue weighted by molar-refractivity contribution is 5.78. The summed E-state index contributed by atoms with van der Waals surface area (Å²) < 4.78 is 0. The maximum Gasteiger partial charge on any atom is 0.215 e. The van der Waals surface area contributed by atoms with Crippen molar-refractivity contribution in [2.75, 3.05) is 34.2 Å². The van der Waals surface area contributed by atoms with Crippen LogP contribution >= 0.6 is 0 Å². The van der Waals surface area contributed by atoms with Gasteiger partial charge in [0, 0.05) is 20.1 Å². The van der Waals surface area contributed by atoms with E-state index in [1.807, 2.05) is 24.5 Å². The van der Waals surface area contributed by atoms with Crippen molar-refractivity contribution >= 4 is 5.96 Å². The van der Waals surface area contributed by atoms with Crippen LogP contribution in [0.25, 0.3) is 0 Å². The van der Waals surface area contributed by atoms with Gasteiger partial charge in [-0.3, -0.25) is 10.2 Å². The molecule has 3 N–H and O–H groups in total. The highest BCUT2D eigenvalue weighted by Gasteiger charge is 1.93. The summed E-state index contributed by atoms with van der Waals surface area (Å²) in [5.41, 5.74) is 1.95. The maximum absolute atomic E-state index is 8.43. The van der Waals surface area contributed by atoms with Crippen LogP contribution in [-0.2, 0) is 0 Å². The minimum absolute atomic E-state index is 0.395. The van der Waals surface area contributed by atoms with Crippen LogP contribution in [0.2, 0.25) is 0 Å². The van der Waals surface area contributed by atoms with E-state index in [-0.39, 0.29) is 0 Å². The van der Waals surface area contributed by atoms with Crippen LogP contribution in [0.1, 0.15) is 0 Å². The SMILES string of the molecule is CN=C(NO)NCCN(C)C. The number of nitrogens with one attached hydrogen (secondary N) is 2. The summed E-state index contributed by atoms with van der Waals surface area (Å²) >= 11 is 0. The molecule has 0 amide bonds. The smallest absolute Gasteiger partial charge is 0.215 e. The molecule has 0 aliphatic rings. The molecule has 0 rings (SSSR count). The molecule has 5 nitrogen and oxygen atoms in total. The predicted molar refractivity (Wildman–Crippen MR) is 44.8 cm³/mol. The molecule has 0 aromatic carbocycles. The molecule has 66 valence electrons. The van der Waals surface area contributed by atoms with E-state index in [0.717, 1.165) is 13.1 Å². The summed E-state index contributed by atoms with van der Waals surface area (Å²) in [5, 5.41) is 11.3. The summed E-state index contributed by atoms with van der Waals surface area (Å²) in [5.74, 6) is 0.395. The van der Waals surface area contributed by atoms with Gasteiger partial charge in [-0.15, -0.1) is 0 Å². The average molecular weight is 160 g/mol. The lowest BCUT2D eigenvalue weighted by Crippen LogP contribution is -2.38. The summed E-state index contributed by atoms with van der Waals surface area (Å²) in [6, 6.07) is 0. The molecule has 0 spiro atoms. The lowest BCUT2D eigenvalue weighted by atomic mass is 10.6. The molecule has 0 aliphatic carbocycles. The van der Waals surface area contributed by atoms with Gasteiger partial charge >= 0.3 is 0 Å². The highest BCUT2D eigenvalue weighted by atomic mass is 16.5. The number of guanidine groups is 1. The van der Waals surface area contributed by atoms with Gasteiger partial charge in [-0.25, -0.2) is 5.48 Å². The Hall–Kier alpha value is -0.810. The molecule has 0 aromatic heterocycles. The second kappa shape index (κ2) is 5.94. The molecular formula is C6H16N4O. The van der Waals surface area contributed by atoms with Crippen LogP contribution in [0.5, 0.6) is 0 Å². The second-order valence-electron chi connectivity index (χ2n) is 2.41. The van der Waals surface area contributed by atoms with Crippen molar-refractivity contribution in [2.24, 2.45) is 4.99 Å². The fourth-order valence-corrected chi connectivity index (χ4v) is 0.566. The van der Waals surface area contributed by atoms with E-state index in [2.05, 4.69) is 10.3 Å². The normalized spacial score (nSPS) is 11.9. The zero-order chi connectivity index (χ0) is 8.69. The lowest BCUT2D eigenvalue weighted by Gasteiger charge is -2.11. The zero-order valence-corrected chi connectivity index (χ0v) is 7.26. The minimum Gasteiger partial charge on any atom is -0.353 e. The molecular weight excluding hydrogens is 144 g/mol. The third kappa shape index (κ3) is 5.63. The Morgan fingerprint density at radius 1 is 1.55 bits per heavy atom. The van der Waals surface area contributed by atoms with Crippen LogP contribution in [0.3, 0.4) is 0 Å². The standard InChI is InChI=1S/C6H16N4O/c1-7-6(9-11)8-4-5-10(2)3/h11H,4-5H2,1-3H3,(H2,7,8,9). The molecule has 0 heterocycles. The first-order valence-corrected chi connectivity index (χ1v) is 3.46. The topological polar surface area (TPSA) is 59.9 Å². The van der Waals surface area contributed by atoms with E-state index >= 15 is 0 Å². The first-order chi connectivity index (χ1) is 5.20. The molecule has 0 saturated heterocycles. The number of aliphatic imine (C=N–C) groups is 1. The third-order valence-electron chi connectivity index (χ3n) is 1.18. The van der Waals surface area contributed by atoms with Gasteiger partial charge in [0.1, 0.15) is 0 Å². The molecule has 0 bridgehead atoms. The van der Waals surface area contributed by atoms with E-state index in [9.17, 15) is 0 Å². The Morgan fingerprint density at radius 2 is 2.18 bits per heavy atom. The lowest BCUT2D eigenvalue weighted by molar-refractivity contribution is 0.229. The number of hydroxylamine groups is 1. The molecule has 0 aromatic rings. The van der Waals surface area contributed by atoms with E-state index in [0.29, 0.717) is 5.96 Å². The van der Waals surface area contributed by atoms with E-state index in [1.165, 1.54) is 0 Å². The van der Waals surface area contributed by atoms with Gasteiger partial charge in [0.15, 0.2) is 0 Å².